The largest absolute Gasteiger partial charge is 0.309 e. The molecule has 88 valence electrons. The molecule has 1 amide bonds. The van der Waals surface area contributed by atoms with Crippen LogP contribution in [-0.2, 0) is 11.8 Å². The summed E-state index contributed by atoms with van der Waals surface area (Å²) >= 11 is 3.40. The summed E-state index contributed by atoms with van der Waals surface area (Å²) in [7, 11) is 1.85. The van der Waals surface area contributed by atoms with Gasteiger partial charge in [-0.25, -0.2) is 0 Å². The van der Waals surface area contributed by atoms with E-state index in [1.54, 1.807) is 4.68 Å². The van der Waals surface area contributed by atoms with Crippen molar-refractivity contribution in [3.63, 3.8) is 0 Å². The van der Waals surface area contributed by atoms with E-state index in [2.05, 4.69) is 26.3 Å². The van der Waals surface area contributed by atoms with Crippen LogP contribution in [0.3, 0.4) is 0 Å². The molecule has 0 unspecified atom stereocenters. The molecule has 0 fully saturated rings. The fourth-order valence-electron chi connectivity index (χ4n) is 1.60. The molecule has 1 N–H and O–H groups in total. The van der Waals surface area contributed by atoms with Crippen molar-refractivity contribution in [2.75, 3.05) is 5.32 Å². The molecular weight excluding hydrogens is 282 g/mol. The second-order valence-electron chi connectivity index (χ2n) is 3.73. The minimum absolute atomic E-state index is 0.120. The lowest BCUT2D eigenvalue weighted by Gasteiger charge is -2.00. The van der Waals surface area contributed by atoms with Gasteiger partial charge in [0.25, 0.3) is 0 Å². The van der Waals surface area contributed by atoms with E-state index in [-0.39, 0.29) is 5.91 Å². The molecule has 0 bridgehead atoms. The summed E-state index contributed by atoms with van der Waals surface area (Å²) in [5, 5.41) is 6.89. The van der Waals surface area contributed by atoms with Crippen molar-refractivity contribution >= 4 is 27.7 Å². The number of amides is 1. The van der Waals surface area contributed by atoms with Crippen LogP contribution < -0.4 is 5.32 Å². The van der Waals surface area contributed by atoms with Gasteiger partial charge in [0.15, 0.2) is 5.82 Å². The minimum atomic E-state index is -0.120. The van der Waals surface area contributed by atoms with Gasteiger partial charge in [0, 0.05) is 24.5 Å². The van der Waals surface area contributed by atoms with Crippen molar-refractivity contribution in [2.24, 2.45) is 7.05 Å². The van der Waals surface area contributed by atoms with Gasteiger partial charge < -0.3 is 5.32 Å². The Kier molecular flexibility index (Phi) is 3.28. The average molecular weight is 294 g/mol. The number of nitrogens with zero attached hydrogens (tertiary/aromatic N) is 2. The Hall–Kier alpha value is -1.62. The number of hydrogen-bond donors (Lipinski definition) is 1. The lowest BCUT2D eigenvalue weighted by atomic mass is 10.1. The third-order valence-corrected chi connectivity index (χ3v) is 2.85. The predicted octanol–water partition coefficient (Wildman–Crippen LogP) is 2.81. The molecule has 17 heavy (non-hydrogen) atoms. The highest BCUT2D eigenvalue weighted by molar-refractivity contribution is 9.10. The first-order valence-corrected chi connectivity index (χ1v) is 5.93. The van der Waals surface area contributed by atoms with E-state index in [1.165, 1.54) is 6.92 Å². The van der Waals surface area contributed by atoms with Gasteiger partial charge >= 0.3 is 0 Å². The number of aromatic nitrogens is 2. The first-order chi connectivity index (χ1) is 8.06. The Morgan fingerprint density at radius 1 is 1.35 bits per heavy atom. The zero-order valence-corrected chi connectivity index (χ0v) is 11.2. The van der Waals surface area contributed by atoms with Crippen molar-refractivity contribution in [2.45, 2.75) is 6.92 Å². The first kappa shape index (κ1) is 11.9. The van der Waals surface area contributed by atoms with Gasteiger partial charge in [-0.1, -0.05) is 28.1 Å². The molecule has 0 spiro atoms. The van der Waals surface area contributed by atoms with Crippen LogP contribution in [0.1, 0.15) is 6.92 Å². The quantitative estimate of drug-likeness (QED) is 0.925. The zero-order chi connectivity index (χ0) is 12.4. The summed E-state index contributed by atoms with van der Waals surface area (Å²) < 4.78 is 2.78. The molecule has 2 rings (SSSR count). The fourth-order valence-corrected chi connectivity index (χ4v) is 1.86. The molecular formula is C12H12BrN3O. The molecule has 1 aromatic carbocycles. The lowest BCUT2D eigenvalue weighted by molar-refractivity contribution is -0.114. The van der Waals surface area contributed by atoms with Crippen molar-refractivity contribution in [3.05, 3.63) is 34.8 Å². The second-order valence-corrected chi connectivity index (χ2v) is 4.64. The highest BCUT2D eigenvalue weighted by atomic mass is 79.9. The SMILES string of the molecule is CC(=O)Nc1cc(-c2ccc(Br)cc2)n(C)n1. The molecule has 0 aliphatic heterocycles. The summed E-state index contributed by atoms with van der Waals surface area (Å²) in [6.07, 6.45) is 0. The van der Waals surface area contributed by atoms with Crippen molar-refractivity contribution < 1.29 is 4.79 Å². The molecule has 1 aromatic heterocycles. The van der Waals surface area contributed by atoms with Crippen LogP contribution in [0.2, 0.25) is 0 Å². The Labute approximate surface area is 108 Å². The number of halogens is 1. The predicted molar refractivity (Wildman–Crippen MR) is 70.6 cm³/mol. The van der Waals surface area contributed by atoms with E-state index in [4.69, 9.17) is 0 Å². The molecule has 2 aromatic rings. The lowest BCUT2D eigenvalue weighted by Crippen LogP contribution is -2.06. The standard InChI is InChI=1S/C12H12BrN3O/c1-8(17)14-12-7-11(16(2)15-12)9-3-5-10(13)6-4-9/h3-7H,1-2H3,(H,14,15,17). The smallest absolute Gasteiger partial charge is 0.222 e. The number of rotatable bonds is 2. The molecule has 0 saturated carbocycles. The molecule has 0 aliphatic carbocycles. The van der Waals surface area contributed by atoms with Crippen LogP contribution >= 0.6 is 15.9 Å². The third-order valence-electron chi connectivity index (χ3n) is 2.32. The third kappa shape index (κ3) is 2.74. The summed E-state index contributed by atoms with van der Waals surface area (Å²) in [4.78, 5) is 10.9. The summed E-state index contributed by atoms with van der Waals surface area (Å²) in [5.41, 5.74) is 2.01. The maximum absolute atomic E-state index is 10.9. The zero-order valence-electron chi connectivity index (χ0n) is 9.57. The minimum Gasteiger partial charge on any atom is -0.309 e. The fraction of sp³-hybridized carbons (Fsp3) is 0.167. The number of carbonyl (C=O) groups is 1. The van der Waals surface area contributed by atoms with E-state index in [0.717, 1.165) is 15.7 Å². The van der Waals surface area contributed by atoms with Crippen LogP contribution in [0.25, 0.3) is 11.3 Å². The van der Waals surface area contributed by atoms with Gasteiger partial charge in [-0.05, 0) is 17.7 Å². The highest BCUT2D eigenvalue weighted by Gasteiger charge is 2.07. The van der Waals surface area contributed by atoms with Crippen molar-refractivity contribution in [1.82, 2.24) is 9.78 Å². The molecule has 0 radical (unpaired) electrons. The van der Waals surface area contributed by atoms with Gasteiger partial charge in [0.1, 0.15) is 0 Å². The summed E-state index contributed by atoms with van der Waals surface area (Å²) in [6.45, 7) is 1.47. The van der Waals surface area contributed by atoms with Crippen molar-refractivity contribution in [1.29, 1.82) is 0 Å². The van der Waals surface area contributed by atoms with Crippen LogP contribution in [0.5, 0.6) is 0 Å². The molecule has 1 heterocycles. The van der Waals surface area contributed by atoms with Crippen LogP contribution in [0.4, 0.5) is 5.82 Å². The van der Waals surface area contributed by atoms with Gasteiger partial charge in [-0.2, -0.15) is 5.10 Å². The first-order valence-electron chi connectivity index (χ1n) is 5.14. The van der Waals surface area contributed by atoms with Crippen molar-refractivity contribution in [3.8, 4) is 11.3 Å². The van der Waals surface area contributed by atoms with Gasteiger partial charge in [0.2, 0.25) is 5.91 Å². The van der Waals surface area contributed by atoms with Crippen LogP contribution in [0, 0.1) is 0 Å². The molecule has 0 atom stereocenters. The topological polar surface area (TPSA) is 46.9 Å². The van der Waals surface area contributed by atoms with Gasteiger partial charge in [0.05, 0.1) is 5.69 Å². The Balaban J connectivity index is 2.35. The van der Waals surface area contributed by atoms with Crippen LogP contribution in [0.15, 0.2) is 34.8 Å². The number of aryl methyl sites for hydroxylation is 1. The average Bonchev–Trinajstić information content (AvgIpc) is 2.59. The number of hydrogen-bond acceptors (Lipinski definition) is 2. The van der Waals surface area contributed by atoms with Gasteiger partial charge in [-0.15, -0.1) is 0 Å². The Morgan fingerprint density at radius 3 is 2.59 bits per heavy atom. The maximum atomic E-state index is 10.9. The molecule has 0 aliphatic rings. The second kappa shape index (κ2) is 4.71. The Morgan fingerprint density at radius 2 is 2.00 bits per heavy atom. The highest BCUT2D eigenvalue weighted by Crippen LogP contribution is 2.23. The Bertz CT molecular complexity index is 545. The summed E-state index contributed by atoms with van der Waals surface area (Å²) in [5.74, 6) is 0.448. The van der Waals surface area contributed by atoms with E-state index in [1.807, 2.05) is 37.4 Å². The number of benzene rings is 1. The van der Waals surface area contributed by atoms with E-state index in [9.17, 15) is 4.79 Å². The van der Waals surface area contributed by atoms with E-state index in [0.29, 0.717) is 5.82 Å². The number of anilines is 1. The molecule has 5 heteroatoms. The maximum Gasteiger partial charge on any atom is 0.222 e. The summed E-state index contributed by atoms with van der Waals surface area (Å²) in [6, 6.07) is 9.79. The molecule has 0 saturated heterocycles. The van der Waals surface area contributed by atoms with Crippen LogP contribution in [-0.4, -0.2) is 15.7 Å². The molecule has 4 nitrogen and oxygen atoms in total. The number of carbonyl (C=O) groups excluding carboxylic acids is 1. The number of nitrogens with one attached hydrogen (secondary N) is 1. The van der Waals surface area contributed by atoms with E-state index < -0.39 is 0 Å². The van der Waals surface area contributed by atoms with E-state index >= 15 is 0 Å². The normalized spacial score (nSPS) is 10.3. The monoisotopic (exact) mass is 293 g/mol. The van der Waals surface area contributed by atoms with Gasteiger partial charge in [-0.3, -0.25) is 9.48 Å².